The van der Waals surface area contributed by atoms with Crippen molar-refractivity contribution < 1.29 is 42.1 Å². The molecular formula is C43H68F2N6O7. The first kappa shape index (κ1) is 48.3. The van der Waals surface area contributed by atoms with Crippen LogP contribution in [0.4, 0.5) is 29.7 Å². The first-order valence-corrected chi connectivity index (χ1v) is 20.0. The molecule has 0 unspecified atom stereocenters. The lowest BCUT2D eigenvalue weighted by Gasteiger charge is -2.40. The molecule has 2 aromatic carbocycles. The van der Waals surface area contributed by atoms with E-state index in [2.05, 4.69) is 15.1 Å². The Morgan fingerprint density at radius 2 is 1.24 bits per heavy atom. The SMILES string of the molecule is C.C[C@@H]1CN(Cc2ccc(N3CCOCC3)cc2F)CCN1C(=O)OC(C)(C)C.C[C@@H]1CNCCN1C(=O)OC(C)(C)C.O=Cc1ccc(N2CCOCC2)cc1F. The Hall–Kier alpha value is -4.05. The molecule has 58 heavy (non-hydrogen) atoms. The summed E-state index contributed by atoms with van der Waals surface area (Å²) >= 11 is 0. The van der Waals surface area contributed by atoms with Crippen LogP contribution in [0.2, 0.25) is 0 Å². The maximum Gasteiger partial charge on any atom is 0.410 e. The van der Waals surface area contributed by atoms with Gasteiger partial charge in [0, 0.05) is 101 Å². The lowest BCUT2D eigenvalue weighted by Crippen LogP contribution is -2.54. The lowest BCUT2D eigenvalue weighted by atomic mass is 10.1. The number of nitrogens with zero attached hydrogens (tertiary/aromatic N) is 5. The first-order chi connectivity index (χ1) is 26.9. The van der Waals surface area contributed by atoms with Crippen molar-refractivity contribution in [2.75, 3.05) is 102 Å². The number of anilines is 2. The number of rotatable bonds is 5. The highest BCUT2D eigenvalue weighted by molar-refractivity contribution is 5.76. The van der Waals surface area contributed by atoms with Crippen molar-refractivity contribution in [2.24, 2.45) is 0 Å². The second-order valence-corrected chi connectivity index (χ2v) is 16.8. The summed E-state index contributed by atoms with van der Waals surface area (Å²) in [7, 11) is 0. The minimum atomic E-state index is -0.501. The number of piperazine rings is 2. The fraction of sp³-hybridized carbons (Fsp3) is 0.651. The summed E-state index contributed by atoms with van der Waals surface area (Å²) in [6, 6.07) is 10.4. The zero-order valence-electron chi connectivity index (χ0n) is 35.2. The topological polar surface area (TPSA) is 116 Å². The monoisotopic (exact) mass is 819 g/mol. The number of benzene rings is 2. The molecule has 2 aromatic rings. The van der Waals surface area contributed by atoms with Crippen molar-refractivity contribution in [3.63, 3.8) is 0 Å². The molecule has 0 bridgehead atoms. The molecule has 0 aromatic heterocycles. The molecule has 15 heteroatoms. The summed E-state index contributed by atoms with van der Waals surface area (Å²) in [6.07, 6.45) is 0.0468. The number of morpholine rings is 2. The molecule has 13 nitrogen and oxygen atoms in total. The van der Waals surface area contributed by atoms with Crippen LogP contribution in [0.15, 0.2) is 36.4 Å². The number of carbonyl (C=O) groups excluding carboxylic acids is 3. The van der Waals surface area contributed by atoms with Crippen LogP contribution in [-0.2, 0) is 25.5 Å². The molecule has 0 aliphatic carbocycles. The molecule has 326 valence electrons. The largest absolute Gasteiger partial charge is 0.444 e. The van der Waals surface area contributed by atoms with E-state index in [1.165, 1.54) is 12.1 Å². The number of amides is 2. The Morgan fingerprint density at radius 1 is 0.741 bits per heavy atom. The van der Waals surface area contributed by atoms with Crippen molar-refractivity contribution in [3.8, 4) is 0 Å². The van der Waals surface area contributed by atoms with E-state index in [1.807, 2.05) is 72.4 Å². The molecule has 1 N–H and O–H groups in total. The van der Waals surface area contributed by atoms with Gasteiger partial charge < -0.3 is 43.9 Å². The van der Waals surface area contributed by atoms with Crippen molar-refractivity contribution in [1.29, 1.82) is 0 Å². The average Bonchev–Trinajstić information content (AvgIpc) is 3.15. The highest BCUT2D eigenvalue weighted by atomic mass is 19.1. The molecular weight excluding hydrogens is 751 g/mol. The van der Waals surface area contributed by atoms with Crippen molar-refractivity contribution >= 4 is 29.8 Å². The second-order valence-electron chi connectivity index (χ2n) is 16.8. The van der Waals surface area contributed by atoms with Crippen LogP contribution in [0.1, 0.15) is 78.7 Å². The van der Waals surface area contributed by atoms with Crippen molar-refractivity contribution in [2.45, 2.75) is 92.6 Å². The Balaban J connectivity index is 0.000000254. The highest BCUT2D eigenvalue weighted by Crippen LogP contribution is 2.23. The normalized spacial score (nSPS) is 20.4. The fourth-order valence-corrected chi connectivity index (χ4v) is 6.75. The van der Waals surface area contributed by atoms with Gasteiger partial charge in [-0.25, -0.2) is 18.4 Å². The van der Waals surface area contributed by atoms with Gasteiger partial charge in [0.25, 0.3) is 0 Å². The van der Waals surface area contributed by atoms with E-state index in [1.54, 1.807) is 21.9 Å². The van der Waals surface area contributed by atoms with Gasteiger partial charge in [-0.2, -0.15) is 0 Å². The number of hydrogen-bond acceptors (Lipinski definition) is 11. The van der Waals surface area contributed by atoms with E-state index >= 15 is 0 Å². The maximum absolute atomic E-state index is 14.7. The van der Waals surface area contributed by atoms with Gasteiger partial charge in [-0.05, 0) is 85.7 Å². The maximum atomic E-state index is 14.7. The molecule has 2 amide bonds. The summed E-state index contributed by atoms with van der Waals surface area (Å²) in [5, 5.41) is 3.23. The lowest BCUT2D eigenvalue weighted by molar-refractivity contribution is 0.000353. The number of halogens is 2. The zero-order chi connectivity index (χ0) is 41.8. The molecule has 4 fully saturated rings. The van der Waals surface area contributed by atoms with Crippen molar-refractivity contribution in [3.05, 3.63) is 59.2 Å². The molecule has 0 radical (unpaired) electrons. The predicted molar refractivity (Wildman–Crippen MR) is 224 cm³/mol. The smallest absolute Gasteiger partial charge is 0.410 e. The first-order valence-electron chi connectivity index (χ1n) is 20.0. The van der Waals surface area contributed by atoms with Crippen LogP contribution in [0.3, 0.4) is 0 Å². The van der Waals surface area contributed by atoms with Gasteiger partial charge in [0.15, 0.2) is 6.29 Å². The standard InChI is InChI=1S/C21H32FN3O3.C11H12FNO2.C10H20N2O2.CH4/c1-16-14-23(7-8-25(16)20(26)28-21(2,3)4)15-17-5-6-18(13-19(17)22)24-9-11-27-12-10-24;12-11-7-10(2-1-9(11)8-14)13-3-5-15-6-4-13;1-8-7-11-5-6-12(8)9(13)14-10(2,3)4;/h5-6,13,16H,7-12,14-15H2,1-4H3;1-2,7-8H,3-6H2;8,11H,5-7H2,1-4H3;1H4/t16-;;8-;/m1.1./s1. The summed E-state index contributed by atoms with van der Waals surface area (Å²) in [5.41, 5.74) is 1.61. The van der Waals surface area contributed by atoms with E-state index < -0.39 is 17.0 Å². The third-order valence-electron chi connectivity index (χ3n) is 9.76. The molecule has 4 aliphatic rings. The van der Waals surface area contributed by atoms with E-state index in [-0.39, 0.29) is 43.1 Å². The molecule has 0 saturated carbocycles. The van der Waals surface area contributed by atoms with Crippen LogP contribution < -0.4 is 15.1 Å². The van der Waals surface area contributed by atoms with Crippen LogP contribution in [-0.4, -0.2) is 148 Å². The molecule has 2 atom stereocenters. The van der Waals surface area contributed by atoms with Gasteiger partial charge in [0.05, 0.1) is 32.0 Å². The minimum Gasteiger partial charge on any atom is -0.444 e. The Morgan fingerprint density at radius 3 is 1.69 bits per heavy atom. The van der Waals surface area contributed by atoms with Gasteiger partial charge in [-0.1, -0.05) is 13.5 Å². The van der Waals surface area contributed by atoms with Gasteiger partial charge in [0.2, 0.25) is 0 Å². The molecule has 4 saturated heterocycles. The van der Waals surface area contributed by atoms with E-state index in [0.717, 1.165) is 57.2 Å². The van der Waals surface area contributed by atoms with Gasteiger partial charge in [-0.3, -0.25) is 9.69 Å². The van der Waals surface area contributed by atoms with E-state index in [0.29, 0.717) is 64.5 Å². The highest BCUT2D eigenvalue weighted by Gasteiger charge is 2.31. The van der Waals surface area contributed by atoms with Crippen LogP contribution in [0.5, 0.6) is 0 Å². The Bertz CT molecular complexity index is 1610. The van der Waals surface area contributed by atoms with Crippen LogP contribution >= 0.6 is 0 Å². The number of ether oxygens (including phenoxy) is 4. The number of nitrogens with one attached hydrogen (secondary N) is 1. The molecule has 4 heterocycles. The van der Waals surface area contributed by atoms with Crippen molar-refractivity contribution in [1.82, 2.24) is 20.0 Å². The molecule has 4 aliphatic heterocycles. The van der Waals surface area contributed by atoms with Crippen LogP contribution in [0, 0.1) is 11.6 Å². The number of hydrogen-bond donors (Lipinski definition) is 1. The third-order valence-corrected chi connectivity index (χ3v) is 9.76. The second kappa shape index (κ2) is 22.4. The molecule has 6 rings (SSSR count). The summed E-state index contributed by atoms with van der Waals surface area (Å²) in [6.45, 7) is 26.1. The Kier molecular flexibility index (Phi) is 18.6. The summed E-state index contributed by atoms with van der Waals surface area (Å²) < 4.78 is 49.4. The quantitative estimate of drug-likeness (QED) is 0.337. The van der Waals surface area contributed by atoms with Gasteiger partial charge in [0.1, 0.15) is 22.8 Å². The molecule has 0 spiro atoms. The minimum absolute atomic E-state index is 0. The predicted octanol–water partition coefficient (Wildman–Crippen LogP) is 6.43. The third kappa shape index (κ3) is 15.3. The zero-order valence-corrected chi connectivity index (χ0v) is 35.2. The fourth-order valence-electron chi connectivity index (χ4n) is 6.75. The summed E-state index contributed by atoms with van der Waals surface area (Å²) in [4.78, 5) is 44.4. The number of aldehydes is 1. The summed E-state index contributed by atoms with van der Waals surface area (Å²) in [5.74, 6) is -0.639. The van der Waals surface area contributed by atoms with Crippen LogP contribution in [0.25, 0.3) is 0 Å². The van der Waals surface area contributed by atoms with Gasteiger partial charge >= 0.3 is 12.2 Å². The number of carbonyl (C=O) groups is 3. The van der Waals surface area contributed by atoms with E-state index in [9.17, 15) is 23.2 Å². The van der Waals surface area contributed by atoms with Gasteiger partial charge in [-0.15, -0.1) is 0 Å². The Labute approximate surface area is 344 Å². The average molecular weight is 819 g/mol. The van der Waals surface area contributed by atoms with E-state index in [4.69, 9.17) is 18.9 Å².